The Labute approximate surface area is 166 Å². The average molecular weight is 397 g/mol. The molecule has 0 amide bonds. The summed E-state index contributed by atoms with van der Waals surface area (Å²) in [7, 11) is 0. The maximum atomic E-state index is 12.5. The largest absolute Gasteiger partial charge is 0.494 e. The SMILES string of the molecule is Cc1cc(OC(=O)c2ccc(OCCCO[N+](=O)[O-])cc2)n(-c2ccccc2)n1. The highest BCUT2D eigenvalue weighted by Gasteiger charge is 2.15. The van der Waals surface area contributed by atoms with Crippen LogP contribution in [0.5, 0.6) is 11.6 Å². The molecular formula is C20H19N3O6. The van der Waals surface area contributed by atoms with Gasteiger partial charge in [-0.3, -0.25) is 0 Å². The second-order valence-electron chi connectivity index (χ2n) is 6.04. The topological polar surface area (TPSA) is 106 Å². The fourth-order valence-electron chi connectivity index (χ4n) is 2.53. The molecule has 150 valence electrons. The van der Waals surface area contributed by atoms with Gasteiger partial charge >= 0.3 is 5.97 Å². The van der Waals surface area contributed by atoms with Crippen molar-refractivity contribution in [3.05, 3.63) is 82.0 Å². The van der Waals surface area contributed by atoms with Crippen LogP contribution in [-0.2, 0) is 4.84 Å². The van der Waals surface area contributed by atoms with Crippen molar-refractivity contribution in [2.75, 3.05) is 13.2 Å². The number of esters is 1. The van der Waals surface area contributed by atoms with Gasteiger partial charge in [-0.1, -0.05) is 18.2 Å². The third-order valence-electron chi connectivity index (χ3n) is 3.84. The van der Waals surface area contributed by atoms with Crippen LogP contribution in [0.3, 0.4) is 0 Å². The highest BCUT2D eigenvalue weighted by atomic mass is 16.9. The van der Waals surface area contributed by atoms with Gasteiger partial charge in [-0.25, -0.2) is 9.48 Å². The molecule has 0 atom stereocenters. The van der Waals surface area contributed by atoms with Crippen molar-refractivity contribution in [1.82, 2.24) is 9.78 Å². The summed E-state index contributed by atoms with van der Waals surface area (Å²) in [5, 5.41) is 13.6. The Bertz CT molecular complexity index is 970. The molecule has 0 bridgehead atoms. The van der Waals surface area contributed by atoms with Gasteiger partial charge in [0.05, 0.1) is 30.2 Å². The summed E-state index contributed by atoms with van der Waals surface area (Å²) in [6.07, 6.45) is 0.369. The van der Waals surface area contributed by atoms with Crippen molar-refractivity contribution in [3.63, 3.8) is 0 Å². The monoisotopic (exact) mass is 397 g/mol. The first-order chi connectivity index (χ1) is 14.0. The number of benzene rings is 2. The van der Waals surface area contributed by atoms with Crippen molar-refractivity contribution in [2.45, 2.75) is 13.3 Å². The number of para-hydroxylation sites is 1. The summed E-state index contributed by atoms with van der Waals surface area (Å²) in [5.41, 5.74) is 1.86. The number of aryl methyl sites for hydroxylation is 1. The van der Waals surface area contributed by atoms with Crippen LogP contribution in [0, 0.1) is 17.0 Å². The lowest BCUT2D eigenvalue weighted by atomic mass is 10.2. The molecule has 0 aliphatic rings. The Hall–Kier alpha value is -3.88. The average Bonchev–Trinajstić information content (AvgIpc) is 3.08. The number of hydrogen-bond donors (Lipinski definition) is 0. The number of ether oxygens (including phenoxy) is 2. The lowest BCUT2D eigenvalue weighted by molar-refractivity contribution is -0.757. The third-order valence-corrected chi connectivity index (χ3v) is 3.84. The molecule has 0 spiro atoms. The van der Waals surface area contributed by atoms with Crippen LogP contribution in [0.2, 0.25) is 0 Å². The quantitative estimate of drug-likeness (QED) is 0.236. The molecular weight excluding hydrogens is 378 g/mol. The van der Waals surface area contributed by atoms with Crippen molar-refractivity contribution in [2.24, 2.45) is 0 Å². The van der Waals surface area contributed by atoms with Crippen molar-refractivity contribution in [1.29, 1.82) is 0 Å². The summed E-state index contributed by atoms with van der Waals surface area (Å²) in [6.45, 7) is 2.04. The number of nitrogens with zero attached hydrogens (tertiary/aromatic N) is 3. The Morgan fingerprint density at radius 2 is 1.83 bits per heavy atom. The maximum Gasteiger partial charge on any atom is 0.344 e. The zero-order valence-corrected chi connectivity index (χ0v) is 15.7. The van der Waals surface area contributed by atoms with Gasteiger partial charge in [0.1, 0.15) is 5.75 Å². The molecule has 2 aromatic carbocycles. The number of carbonyl (C=O) groups is 1. The molecule has 0 aliphatic carbocycles. The maximum absolute atomic E-state index is 12.5. The highest BCUT2D eigenvalue weighted by molar-refractivity contribution is 5.91. The van der Waals surface area contributed by atoms with Crippen LogP contribution >= 0.6 is 0 Å². The molecule has 0 N–H and O–H groups in total. The van der Waals surface area contributed by atoms with Crippen LogP contribution in [0.4, 0.5) is 0 Å². The molecule has 3 aromatic rings. The Balaban J connectivity index is 1.60. The van der Waals surface area contributed by atoms with E-state index in [-0.39, 0.29) is 13.2 Å². The molecule has 1 heterocycles. The third kappa shape index (κ3) is 5.55. The number of rotatable bonds is 9. The molecule has 29 heavy (non-hydrogen) atoms. The molecule has 0 radical (unpaired) electrons. The van der Waals surface area contributed by atoms with Gasteiger partial charge < -0.3 is 14.3 Å². The normalized spacial score (nSPS) is 10.4. The van der Waals surface area contributed by atoms with E-state index in [1.165, 1.54) is 0 Å². The first kappa shape index (κ1) is 19.9. The lowest BCUT2D eigenvalue weighted by Gasteiger charge is -2.09. The molecule has 0 unspecified atom stereocenters. The summed E-state index contributed by atoms with van der Waals surface area (Å²) >= 11 is 0. The van der Waals surface area contributed by atoms with E-state index < -0.39 is 11.1 Å². The first-order valence-corrected chi connectivity index (χ1v) is 8.87. The fraction of sp³-hybridized carbons (Fsp3) is 0.200. The first-order valence-electron chi connectivity index (χ1n) is 8.87. The molecule has 0 fully saturated rings. The molecule has 0 saturated carbocycles. The predicted octanol–water partition coefficient (Wildman–Crippen LogP) is 3.38. The van der Waals surface area contributed by atoms with Crippen LogP contribution in [0.15, 0.2) is 60.7 Å². The Kier molecular flexibility index (Phi) is 6.41. The number of carbonyl (C=O) groups excluding carboxylic acids is 1. The smallest absolute Gasteiger partial charge is 0.344 e. The molecule has 9 nitrogen and oxygen atoms in total. The van der Waals surface area contributed by atoms with Crippen LogP contribution in [0.1, 0.15) is 22.5 Å². The summed E-state index contributed by atoms with van der Waals surface area (Å²) in [6, 6.07) is 17.5. The highest BCUT2D eigenvalue weighted by Crippen LogP contribution is 2.21. The van der Waals surface area contributed by atoms with E-state index >= 15 is 0 Å². The summed E-state index contributed by atoms with van der Waals surface area (Å²) in [4.78, 5) is 26.8. The molecule has 1 aromatic heterocycles. The second kappa shape index (κ2) is 9.36. The van der Waals surface area contributed by atoms with Gasteiger partial charge in [0, 0.05) is 12.5 Å². The van der Waals surface area contributed by atoms with Crippen molar-refractivity contribution in [3.8, 4) is 17.3 Å². The molecule has 0 aliphatic heterocycles. The van der Waals surface area contributed by atoms with E-state index in [0.717, 1.165) is 11.4 Å². The fourth-order valence-corrected chi connectivity index (χ4v) is 2.53. The van der Waals surface area contributed by atoms with Gasteiger partial charge in [0.25, 0.3) is 5.09 Å². The van der Waals surface area contributed by atoms with Crippen molar-refractivity contribution < 1.29 is 24.2 Å². The Morgan fingerprint density at radius 3 is 2.52 bits per heavy atom. The number of hydrogen-bond acceptors (Lipinski definition) is 7. The van der Waals surface area contributed by atoms with Gasteiger partial charge in [-0.2, -0.15) is 5.10 Å². The van der Waals surface area contributed by atoms with Crippen LogP contribution in [-0.4, -0.2) is 34.1 Å². The Morgan fingerprint density at radius 1 is 1.10 bits per heavy atom. The van der Waals surface area contributed by atoms with Crippen molar-refractivity contribution >= 4 is 5.97 Å². The van der Waals surface area contributed by atoms with E-state index in [9.17, 15) is 14.9 Å². The minimum absolute atomic E-state index is 0.0358. The van der Waals surface area contributed by atoms with E-state index in [0.29, 0.717) is 23.6 Å². The predicted molar refractivity (Wildman–Crippen MR) is 103 cm³/mol. The van der Waals surface area contributed by atoms with Crippen LogP contribution in [0.25, 0.3) is 5.69 Å². The second-order valence-corrected chi connectivity index (χ2v) is 6.04. The lowest BCUT2D eigenvalue weighted by Crippen LogP contribution is -2.12. The molecule has 0 saturated heterocycles. The standard InChI is InChI=1S/C20H19N3O6/c1-15-14-19(22(21-15)17-6-3-2-4-7-17)29-20(24)16-8-10-18(11-9-16)27-12-5-13-28-23(25)26/h2-4,6-11,14H,5,12-13H2,1H3. The van der Waals surface area contributed by atoms with Gasteiger partial charge in [0.2, 0.25) is 5.88 Å². The van der Waals surface area contributed by atoms with E-state index in [4.69, 9.17) is 9.47 Å². The zero-order valence-electron chi connectivity index (χ0n) is 15.7. The summed E-state index contributed by atoms with van der Waals surface area (Å²) in [5.74, 6) is 0.339. The van der Waals surface area contributed by atoms with E-state index in [2.05, 4.69) is 9.94 Å². The summed E-state index contributed by atoms with van der Waals surface area (Å²) < 4.78 is 12.5. The minimum Gasteiger partial charge on any atom is -0.494 e. The minimum atomic E-state index is -0.842. The van der Waals surface area contributed by atoms with E-state index in [1.807, 2.05) is 37.3 Å². The number of aromatic nitrogens is 2. The van der Waals surface area contributed by atoms with Crippen LogP contribution < -0.4 is 9.47 Å². The van der Waals surface area contributed by atoms with E-state index in [1.54, 1.807) is 35.0 Å². The van der Waals surface area contributed by atoms with Gasteiger partial charge in [0.15, 0.2) is 0 Å². The molecule has 9 heteroatoms. The van der Waals surface area contributed by atoms with Gasteiger partial charge in [-0.05, 0) is 43.3 Å². The molecule has 3 rings (SSSR count). The zero-order chi connectivity index (χ0) is 20.6. The van der Waals surface area contributed by atoms with Gasteiger partial charge in [-0.15, -0.1) is 10.1 Å².